The molecule has 0 radical (unpaired) electrons. The Morgan fingerprint density at radius 1 is 0.677 bits per heavy atom. The molecule has 2 saturated heterocycles. The zero-order chi connectivity index (χ0) is 71.1. The first-order valence-electron chi connectivity index (χ1n) is 32.6. The summed E-state index contributed by atoms with van der Waals surface area (Å²) in [6, 6.07) is 41.5. The van der Waals surface area contributed by atoms with E-state index in [4.69, 9.17) is 75.0 Å². The van der Waals surface area contributed by atoms with Gasteiger partial charge in [-0.15, -0.1) is 9.05 Å². The average molecular weight is 1460 g/mol. The summed E-state index contributed by atoms with van der Waals surface area (Å²) in [5.74, 6) is -1.14. The van der Waals surface area contributed by atoms with Gasteiger partial charge in [0.1, 0.15) is 44.0 Å². The second-order valence-corrected chi connectivity index (χ2v) is 42.1. The highest BCUT2D eigenvalue weighted by Gasteiger charge is 2.57. The zero-order valence-electron chi connectivity index (χ0n) is 57.4. The minimum atomic E-state index is -4.01. The van der Waals surface area contributed by atoms with E-state index >= 15 is 0 Å². The Morgan fingerprint density at radius 3 is 1.72 bits per heavy atom. The van der Waals surface area contributed by atoms with E-state index < -0.39 is 102 Å². The van der Waals surface area contributed by atoms with Gasteiger partial charge in [-0.2, -0.15) is 15.5 Å². The molecule has 25 nitrogen and oxygen atoms in total. The van der Waals surface area contributed by atoms with E-state index in [-0.39, 0.29) is 83.7 Å². The number of amides is 2. The van der Waals surface area contributed by atoms with Crippen molar-refractivity contribution in [1.29, 1.82) is 10.5 Å². The molecule has 6 heterocycles. The number of carbonyl (C=O) groups excluding carboxylic acids is 2. The molecule has 2 aliphatic heterocycles. The number of carbonyl (C=O) groups is 2. The Labute approximate surface area is 589 Å². The van der Waals surface area contributed by atoms with Crippen LogP contribution in [0.2, 0.25) is 36.3 Å². The van der Waals surface area contributed by atoms with Gasteiger partial charge in [0.2, 0.25) is 23.7 Å². The standard InChI is InChI=1S/C68H84N14O11P2S2Si2/c1-44(2)60(83)77-65-76-59-54(62(85)78-65)74-43-82(59)63-55(92-98(9,10)66(3,4)5)51(79-68(46-29-19-14-20-30-46,47-31-21-15-22-32-47)48-33-23-16-24-34-48)50(91-63)40-89-95(97,88-38-26-36-70)80-52-49(39-87-94(96)86-37-25-35-69)90-64(56(52)93-99(11,12)67(6,7)8)81-42-73-53-57(71-41-72-58(53)81)75-61(84)45-27-17-13-18-28-45/h13-24,27-34,41-44,49-52,55-56,63-64,79H,25-26,37-40H2,1-12H3,(H3-,71,72,75,76,77,78,80,83,84,85,97)/p+1/t49-,50-,51-,52-,55-,56-,63-,64-,95?/m1/s1. The van der Waals surface area contributed by atoms with E-state index in [0.29, 0.717) is 11.2 Å². The number of fused-ring (bicyclic) bond motifs is 2. The lowest BCUT2D eigenvalue weighted by Gasteiger charge is -2.44. The molecular weight excluding hydrogens is 1370 g/mol. The van der Waals surface area contributed by atoms with Gasteiger partial charge < -0.3 is 32.7 Å². The van der Waals surface area contributed by atoms with Gasteiger partial charge in [0.15, 0.2) is 57.2 Å². The van der Waals surface area contributed by atoms with Gasteiger partial charge in [-0.1, -0.05) is 165 Å². The number of aromatic amines is 1. The van der Waals surface area contributed by atoms with Crippen molar-refractivity contribution in [3.63, 3.8) is 0 Å². The van der Waals surface area contributed by atoms with Crippen LogP contribution in [0.5, 0.6) is 0 Å². The molecule has 0 saturated carbocycles. The zero-order valence-corrected chi connectivity index (χ0v) is 62.9. The number of rotatable bonds is 29. The maximum atomic E-state index is 14.1. The van der Waals surface area contributed by atoms with Crippen LogP contribution < -0.4 is 26.6 Å². The molecule has 0 bridgehead atoms. The van der Waals surface area contributed by atoms with Gasteiger partial charge in [-0.3, -0.25) is 39.1 Å². The monoisotopic (exact) mass is 1460 g/mol. The molecule has 4 aromatic heterocycles. The van der Waals surface area contributed by atoms with Crippen molar-refractivity contribution in [2.75, 3.05) is 37.1 Å². The summed E-state index contributed by atoms with van der Waals surface area (Å²) in [5, 5.41) is 32.3. The first-order chi connectivity index (χ1) is 47.1. The highest BCUT2D eigenvalue weighted by molar-refractivity contribution is 8.09. The summed E-state index contributed by atoms with van der Waals surface area (Å²) < 4.78 is 59.6. The van der Waals surface area contributed by atoms with Gasteiger partial charge in [0, 0.05) is 11.5 Å². The van der Waals surface area contributed by atoms with Crippen LogP contribution in [0.3, 0.4) is 0 Å². The Kier molecular flexibility index (Phi) is 23.7. The average Bonchev–Trinajstić information content (AvgIpc) is 1.69. The number of anilines is 2. The predicted molar refractivity (Wildman–Crippen MR) is 389 cm³/mol. The van der Waals surface area contributed by atoms with Crippen molar-refractivity contribution in [2.45, 2.75) is 159 Å². The Morgan fingerprint density at radius 2 is 1.18 bits per heavy atom. The van der Waals surface area contributed by atoms with Gasteiger partial charge in [0.25, 0.3) is 18.1 Å². The summed E-state index contributed by atoms with van der Waals surface area (Å²) in [4.78, 5) is 67.0. The van der Waals surface area contributed by atoms with Crippen LogP contribution in [0, 0.1) is 28.6 Å². The number of hydrogen-bond acceptors (Lipinski definition) is 21. The summed E-state index contributed by atoms with van der Waals surface area (Å²) in [5.41, 5.74) is 1.98. The first kappa shape index (κ1) is 74.6. The van der Waals surface area contributed by atoms with Crippen LogP contribution in [0.25, 0.3) is 22.3 Å². The van der Waals surface area contributed by atoms with Crippen LogP contribution in [0.1, 0.15) is 108 Å². The third-order valence-corrected chi connectivity index (χ3v) is 31.4. The number of nitriles is 2. The fourth-order valence-corrected chi connectivity index (χ4v) is 17.2. The van der Waals surface area contributed by atoms with Gasteiger partial charge in [0.05, 0.1) is 68.5 Å². The quantitative estimate of drug-likeness (QED) is 0.0126. The number of benzene rings is 4. The van der Waals surface area contributed by atoms with Gasteiger partial charge >= 0.3 is 7.15 Å². The molecule has 31 heteroatoms. The number of hydrogen-bond donors (Lipinski definition) is 5. The van der Waals surface area contributed by atoms with E-state index in [1.54, 1.807) is 53.6 Å². The molecule has 0 aliphatic carbocycles. The van der Waals surface area contributed by atoms with E-state index in [2.05, 4.69) is 152 Å². The Hall–Kier alpha value is -7.10. The largest absolute Gasteiger partial charge is 0.521 e. The van der Waals surface area contributed by atoms with Gasteiger partial charge in [-0.05, 0) is 76.9 Å². The van der Waals surface area contributed by atoms with Crippen molar-refractivity contribution >= 4 is 99.9 Å². The Bertz CT molecular complexity index is 4250. The molecule has 8 aromatic rings. The molecule has 0 spiro atoms. The second-order valence-electron chi connectivity index (χ2n) is 27.5. The van der Waals surface area contributed by atoms with Crippen LogP contribution in [0.4, 0.5) is 11.8 Å². The number of H-pyrrole nitrogens is 1. The molecule has 522 valence electrons. The predicted octanol–water partition coefficient (Wildman–Crippen LogP) is 12.2. The third kappa shape index (κ3) is 16.8. The highest BCUT2D eigenvalue weighted by Crippen LogP contribution is 2.52. The second kappa shape index (κ2) is 31.4. The Balaban J connectivity index is 1.13. The third-order valence-electron chi connectivity index (χ3n) is 18.5. The number of aromatic nitrogens is 8. The number of nitrogens with one attached hydrogen (secondary N) is 5. The number of imidazole rings is 2. The number of nitrogens with zero attached hydrogens (tertiary/aromatic N) is 9. The normalized spacial score (nSPS) is 20.7. The minimum Gasteiger partial charge on any atom is -0.408 e. The lowest BCUT2D eigenvalue weighted by Crippen LogP contribution is -2.59. The molecule has 10 rings (SSSR count). The highest BCUT2D eigenvalue weighted by atomic mass is 32.5. The SMILES string of the molecule is CC(C)C(=O)Nc1nc2c(ncn2[C@@H]2O[C@H](COP(=S)(N[C@H]3[C@@H](O[Si](C)(C)C(C)(C)C)[C@H](n4cnc5c(NC(=O)c6ccccc6)ncnc54)O[C@@H]3CO[P+](=S)OCCC#N)OCCC#N)[C@@H](NC(c3ccccc3)(c3ccccc3)c3ccccc3)[C@H]2O[Si](C)(C)C(C)(C)C)c(=O)[nH]1. The molecule has 2 aliphatic rings. The fourth-order valence-electron chi connectivity index (χ4n) is 11.2. The van der Waals surface area contributed by atoms with Crippen molar-refractivity contribution in [2.24, 2.45) is 5.92 Å². The number of ether oxygens (including phenoxy) is 2. The van der Waals surface area contributed by atoms with Gasteiger partial charge in [-0.25, -0.2) is 25.0 Å². The van der Waals surface area contributed by atoms with Crippen molar-refractivity contribution in [3.8, 4) is 12.1 Å². The van der Waals surface area contributed by atoms with E-state index in [1.807, 2.05) is 60.7 Å². The lowest BCUT2D eigenvalue weighted by atomic mass is 9.76. The molecule has 4 aromatic carbocycles. The molecule has 2 amide bonds. The molecular formula is C68H85N14O11P2S2Si2+. The smallest absolute Gasteiger partial charge is 0.408 e. The molecule has 2 unspecified atom stereocenters. The molecule has 10 atom stereocenters. The summed E-state index contributed by atoms with van der Waals surface area (Å²) in [7, 11) is -7.76. The first-order valence-corrected chi connectivity index (χ1v) is 43.3. The summed E-state index contributed by atoms with van der Waals surface area (Å²) in [6.07, 6.45) is -1.70. The minimum absolute atomic E-state index is 0.0111. The van der Waals surface area contributed by atoms with Crippen molar-refractivity contribution in [3.05, 3.63) is 173 Å². The fraction of sp³-hybridized carbons (Fsp3) is 0.441. The molecule has 99 heavy (non-hydrogen) atoms. The van der Waals surface area contributed by atoms with Crippen LogP contribution >= 0.6 is 13.8 Å². The summed E-state index contributed by atoms with van der Waals surface area (Å²) >= 11 is 12.5. The van der Waals surface area contributed by atoms with E-state index in [1.165, 1.54) is 12.7 Å². The van der Waals surface area contributed by atoms with Crippen molar-refractivity contribution in [1.82, 2.24) is 49.4 Å². The maximum Gasteiger partial charge on any atom is 0.521 e. The molecule has 2 fully saturated rings. The van der Waals surface area contributed by atoms with Crippen LogP contribution in [-0.4, -0.2) is 130 Å². The van der Waals surface area contributed by atoms with E-state index in [9.17, 15) is 24.9 Å². The van der Waals surface area contributed by atoms with Crippen molar-refractivity contribution < 1.29 is 46.0 Å². The van der Waals surface area contributed by atoms with Crippen LogP contribution in [-0.2, 0) is 70.4 Å². The van der Waals surface area contributed by atoms with Crippen LogP contribution in [0.15, 0.2) is 145 Å². The lowest BCUT2D eigenvalue weighted by molar-refractivity contribution is -0.118. The summed E-state index contributed by atoms with van der Waals surface area (Å²) in [6.45, 7) is 20.2. The molecule has 5 N–H and O–H groups in total. The topological polar surface area (TPSA) is 311 Å². The van der Waals surface area contributed by atoms with E-state index in [0.717, 1.165) is 16.7 Å². The maximum absolute atomic E-state index is 14.1.